The predicted molar refractivity (Wildman–Crippen MR) is 193 cm³/mol. The SMILES string of the molecule is COCCN1CCC(n2cc(N3C(=O)c4cccc(c4)S(=O)(=O)Nc4nc(cc(-c5c(C)cccc5C)n4)OC[C@H]3CC(C)(C)C)cn2)CC1. The number of methoxy groups -OCH3 is 1. The zero-order valence-electron chi connectivity index (χ0n) is 29.7. The first kappa shape index (κ1) is 35.5. The van der Waals surface area contributed by atoms with Crippen molar-refractivity contribution in [3.05, 3.63) is 77.6 Å². The van der Waals surface area contributed by atoms with Crippen LogP contribution in [-0.2, 0) is 14.8 Å². The lowest BCUT2D eigenvalue weighted by Gasteiger charge is -2.35. The van der Waals surface area contributed by atoms with Crippen LogP contribution in [0.3, 0.4) is 0 Å². The number of piperidine rings is 1. The number of ether oxygens (including phenoxy) is 2. The summed E-state index contributed by atoms with van der Waals surface area (Å²) in [4.78, 5) is 27.8. The molecule has 2 aromatic heterocycles. The Bertz CT molecular complexity index is 1930. The average molecular weight is 702 g/mol. The molecule has 2 aromatic carbocycles. The molecule has 2 aliphatic rings. The standard InChI is InChI=1S/C37H47N7O5S/c1-25-9-7-10-26(2)34(25)32-20-33-40-36(39-32)41-50(46,47)31-12-8-11-27(19-31)35(45)44(29(24-49-33)21-37(3,4)5)30-22-38-43(23-30)28-13-15-42(16-14-28)17-18-48-6/h7-12,19-20,22-23,28-29H,13-18,21,24H2,1-6H3,(H,39,40,41)/t29-/m1/s1. The maximum absolute atomic E-state index is 14.6. The summed E-state index contributed by atoms with van der Waals surface area (Å²) in [5.74, 6) is -0.263. The highest BCUT2D eigenvalue weighted by atomic mass is 32.2. The predicted octanol–water partition coefficient (Wildman–Crippen LogP) is 5.89. The second-order valence-corrected chi connectivity index (χ2v) is 16.1. The molecule has 4 aromatic rings. The van der Waals surface area contributed by atoms with Crippen LogP contribution >= 0.6 is 0 Å². The lowest BCUT2D eigenvalue weighted by atomic mass is 9.87. The van der Waals surface area contributed by atoms with Crippen LogP contribution in [0.4, 0.5) is 11.6 Å². The molecule has 0 radical (unpaired) electrons. The number of rotatable bonds is 7. The Hall–Kier alpha value is -4.33. The van der Waals surface area contributed by atoms with Gasteiger partial charge in [0.25, 0.3) is 15.9 Å². The molecule has 13 heteroatoms. The van der Waals surface area contributed by atoms with Gasteiger partial charge in [0, 0.05) is 50.1 Å². The molecule has 1 amide bonds. The lowest BCUT2D eigenvalue weighted by Crippen LogP contribution is -2.46. The first-order chi connectivity index (χ1) is 23.8. The molecular weight excluding hydrogens is 655 g/mol. The number of aryl methyl sites for hydroxylation is 2. The Morgan fingerprint density at radius 3 is 2.44 bits per heavy atom. The van der Waals surface area contributed by atoms with E-state index in [9.17, 15) is 13.2 Å². The van der Waals surface area contributed by atoms with Crippen LogP contribution in [-0.4, -0.2) is 85.0 Å². The number of fused-ring (bicyclic) bond motifs is 4. The molecule has 0 saturated carbocycles. The van der Waals surface area contributed by atoms with E-state index in [1.807, 2.05) is 42.9 Å². The summed E-state index contributed by atoms with van der Waals surface area (Å²) in [5, 5.41) is 4.76. The number of aromatic nitrogens is 4. The third-order valence-electron chi connectivity index (χ3n) is 9.32. The van der Waals surface area contributed by atoms with Crippen LogP contribution in [0.1, 0.15) is 67.6 Å². The lowest BCUT2D eigenvalue weighted by molar-refractivity contribution is 0.0955. The Morgan fingerprint density at radius 2 is 1.74 bits per heavy atom. The van der Waals surface area contributed by atoms with Crippen molar-refractivity contribution < 1.29 is 22.7 Å². The van der Waals surface area contributed by atoms with E-state index in [2.05, 4.69) is 40.4 Å². The van der Waals surface area contributed by atoms with Crippen LogP contribution in [0.15, 0.2) is 65.8 Å². The molecule has 4 heterocycles. The van der Waals surface area contributed by atoms with Crippen LogP contribution in [0, 0.1) is 19.3 Å². The highest BCUT2D eigenvalue weighted by Gasteiger charge is 2.34. The summed E-state index contributed by atoms with van der Waals surface area (Å²) in [7, 11) is -2.46. The van der Waals surface area contributed by atoms with Crippen molar-refractivity contribution in [2.75, 3.05) is 49.6 Å². The van der Waals surface area contributed by atoms with Gasteiger partial charge in [-0.05, 0) is 67.9 Å². The fraction of sp³-hybridized carbons (Fsp3) is 0.459. The molecule has 1 atom stereocenters. The maximum atomic E-state index is 14.6. The van der Waals surface area contributed by atoms with Gasteiger partial charge in [-0.25, -0.2) is 18.1 Å². The third-order valence-corrected chi connectivity index (χ3v) is 10.6. The molecular formula is C37H47N7O5S. The molecule has 4 bridgehead atoms. The van der Waals surface area contributed by atoms with Crippen LogP contribution in [0.25, 0.3) is 11.3 Å². The zero-order chi connectivity index (χ0) is 35.6. The van der Waals surface area contributed by atoms with Crippen molar-refractivity contribution in [1.29, 1.82) is 0 Å². The molecule has 1 saturated heterocycles. The number of hydrogen-bond donors (Lipinski definition) is 1. The normalized spacial score (nSPS) is 18.8. The number of likely N-dealkylation sites (tertiary alicyclic amines) is 1. The number of benzene rings is 2. The number of nitrogens with one attached hydrogen (secondary N) is 1. The van der Waals surface area contributed by atoms with E-state index in [-0.39, 0.29) is 46.3 Å². The van der Waals surface area contributed by atoms with Crippen molar-refractivity contribution >= 4 is 27.6 Å². The topological polar surface area (TPSA) is 132 Å². The van der Waals surface area contributed by atoms with Gasteiger partial charge in [-0.3, -0.25) is 14.4 Å². The summed E-state index contributed by atoms with van der Waals surface area (Å²) in [6.45, 7) is 13.9. The van der Waals surface area contributed by atoms with Gasteiger partial charge < -0.3 is 14.4 Å². The van der Waals surface area contributed by atoms with E-state index in [0.29, 0.717) is 24.4 Å². The maximum Gasteiger partial charge on any atom is 0.264 e. The minimum atomic E-state index is -4.18. The monoisotopic (exact) mass is 701 g/mol. The summed E-state index contributed by atoms with van der Waals surface area (Å²) >= 11 is 0. The largest absolute Gasteiger partial charge is 0.475 e. The van der Waals surface area contributed by atoms with Gasteiger partial charge in [-0.2, -0.15) is 10.1 Å². The Kier molecular flexibility index (Phi) is 10.3. The number of amides is 1. The first-order valence-electron chi connectivity index (χ1n) is 17.1. The number of carbonyl (C=O) groups is 1. The second kappa shape index (κ2) is 14.5. The number of sulfonamides is 1. The van der Waals surface area contributed by atoms with Crippen molar-refractivity contribution in [3.63, 3.8) is 0 Å². The highest BCUT2D eigenvalue weighted by molar-refractivity contribution is 7.92. The molecule has 2 aliphatic heterocycles. The van der Waals surface area contributed by atoms with E-state index in [4.69, 9.17) is 14.6 Å². The van der Waals surface area contributed by atoms with Gasteiger partial charge in [0.2, 0.25) is 11.8 Å². The van der Waals surface area contributed by atoms with Gasteiger partial charge in [0.05, 0.1) is 41.2 Å². The van der Waals surface area contributed by atoms with E-state index >= 15 is 0 Å². The molecule has 266 valence electrons. The van der Waals surface area contributed by atoms with Gasteiger partial charge in [-0.1, -0.05) is 45.0 Å². The van der Waals surface area contributed by atoms with E-state index in [0.717, 1.165) is 49.2 Å². The van der Waals surface area contributed by atoms with Gasteiger partial charge in [-0.15, -0.1) is 0 Å². The highest BCUT2D eigenvalue weighted by Crippen LogP contribution is 2.33. The van der Waals surface area contributed by atoms with Crippen molar-refractivity contribution in [2.24, 2.45) is 5.41 Å². The van der Waals surface area contributed by atoms with Crippen LogP contribution in [0.5, 0.6) is 5.88 Å². The molecule has 0 aliphatic carbocycles. The summed E-state index contributed by atoms with van der Waals surface area (Å²) in [6, 6.07) is 13.5. The zero-order valence-corrected chi connectivity index (χ0v) is 30.5. The number of nitrogens with zero attached hydrogens (tertiary/aromatic N) is 6. The third kappa shape index (κ3) is 8.00. The fourth-order valence-corrected chi connectivity index (χ4v) is 7.88. The minimum absolute atomic E-state index is 0.0746. The van der Waals surface area contributed by atoms with Crippen LogP contribution < -0.4 is 14.4 Å². The molecule has 12 nitrogen and oxygen atoms in total. The molecule has 0 spiro atoms. The van der Waals surface area contributed by atoms with Crippen molar-refractivity contribution in [3.8, 4) is 17.1 Å². The van der Waals surface area contributed by atoms with Gasteiger partial charge in [0.15, 0.2) is 0 Å². The molecule has 6 rings (SSSR count). The van der Waals surface area contributed by atoms with Crippen molar-refractivity contribution in [2.45, 2.75) is 70.9 Å². The van der Waals surface area contributed by atoms with Crippen molar-refractivity contribution in [1.82, 2.24) is 24.6 Å². The van der Waals surface area contributed by atoms with E-state index < -0.39 is 16.1 Å². The first-order valence-corrected chi connectivity index (χ1v) is 18.6. The van der Waals surface area contributed by atoms with E-state index in [1.54, 1.807) is 36.4 Å². The quantitative estimate of drug-likeness (QED) is 0.251. The molecule has 0 unspecified atom stereocenters. The fourth-order valence-electron chi connectivity index (χ4n) is 6.89. The number of carbonyl (C=O) groups excluding carboxylic acids is 1. The summed E-state index contributed by atoms with van der Waals surface area (Å²) in [5.41, 5.74) is 4.01. The molecule has 1 fully saturated rings. The molecule has 50 heavy (non-hydrogen) atoms. The van der Waals surface area contributed by atoms with Gasteiger partial charge in [0.1, 0.15) is 6.61 Å². The summed E-state index contributed by atoms with van der Waals surface area (Å²) < 4.78 is 43.7. The Labute approximate surface area is 294 Å². The average Bonchev–Trinajstić information content (AvgIpc) is 3.55. The Balaban J connectivity index is 1.43. The molecule has 1 N–H and O–H groups in total. The minimum Gasteiger partial charge on any atom is -0.475 e. The second-order valence-electron chi connectivity index (χ2n) is 14.5. The number of hydrogen-bond acceptors (Lipinski definition) is 9. The smallest absolute Gasteiger partial charge is 0.264 e. The number of anilines is 2. The Morgan fingerprint density at radius 1 is 1.02 bits per heavy atom. The van der Waals surface area contributed by atoms with Crippen LogP contribution in [0.2, 0.25) is 0 Å². The summed E-state index contributed by atoms with van der Waals surface area (Å²) in [6.07, 6.45) is 6.11. The van der Waals surface area contributed by atoms with E-state index in [1.165, 1.54) is 12.1 Å². The van der Waals surface area contributed by atoms with Gasteiger partial charge >= 0.3 is 0 Å².